The summed E-state index contributed by atoms with van der Waals surface area (Å²) in [5.74, 6) is -2.24. The van der Waals surface area contributed by atoms with Crippen LogP contribution in [0.25, 0.3) is 0 Å². The number of carboxylic acid groups (broad SMARTS) is 1. The molecule has 0 saturated heterocycles. The lowest BCUT2D eigenvalue weighted by Crippen LogP contribution is -2.44. The summed E-state index contributed by atoms with van der Waals surface area (Å²) in [5, 5.41) is 10.3. The SMILES string of the molecule is CC(C)(C)C(=O)OCC[N+](C)(C)CCCC(=O)[O-].CC(C)(C)C(=O)OCC[N+](C)(C)CCCS(=O)(=O)[O-].CCCOP(=O)([O-])OCCOC(=O)C(C)(C)C. The molecule has 0 aromatic rings. The van der Waals surface area contributed by atoms with Crippen molar-refractivity contribution in [3.63, 3.8) is 0 Å². The average molecular weight is 822 g/mol. The van der Waals surface area contributed by atoms with Crippen molar-refractivity contribution in [2.75, 3.05) is 93.2 Å². The fraction of sp³-hybridized carbons (Fsp3) is 0.886. The lowest BCUT2D eigenvalue weighted by molar-refractivity contribution is -0.890. The molecule has 0 amide bonds. The summed E-state index contributed by atoms with van der Waals surface area (Å²) in [6.45, 7) is 20.6. The summed E-state index contributed by atoms with van der Waals surface area (Å²) in [4.78, 5) is 55.8. The van der Waals surface area contributed by atoms with E-state index in [-0.39, 0.29) is 50.5 Å². The molecule has 0 aromatic heterocycles. The number of likely N-dealkylation sites (N-methyl/N-ethyl adjacent to an activating group) is 2. The lowest BCUT2D eigenvalue weighted by atomic mass is 9.97. The normalized spacial score (nSPS) is 13.6. The molecule has 0 rings (SSSR count). The molecule has 17 nitrogen and oxygen atoms in total. The molecular formula is C35H70N2O15PS-. The van der Waals surface area contributed by atoms with Gasteiger partial charge in [0.2, 0.25) is 0 Å². The molecule has 0 aliphatic carbocycles. The monoisotopic (exact) mass is 821 g/mol. The second-order valence-electron chi connectivity index (χ2n) is 17.1. The van der Waals surface area contributed by atoms with Gasteiger partial charge in [-0.05, 0) is 75.2 Å². The van der Waals surface area contributed by atoms with E-state index in [0.717, 1.165) is 6.54 Å². The van der Waals surface area contributed by atoms with Crippen LogP contribution in [0.4, 0.5) is 0 Å². The molecule has 54 heavy (non-hydrogen) atoms. The van der Waals surface area contributed by atoms with Gasteiger partial charge in [0.1, 0.15) is 32.9 Å². The van der Waals surface area contributed by atoms with Crippen molar-refractivity contribution in [2.24, 2.45) is 16.2 Å². The highest BCUT2D eigenvalue weighted by Gasteiger charge is 2.26. The maximum atomic E-state index is 11.5. The highest BCUT2D eigenvalue weighted by Crippen LogP contribution is 2.37. The zero-order valence-electron chi connectivity index (χ0n) is 35.3. The molecule has 1 unspecified atom stereocenters. The first-order valence-corrected chi connectivity index (χ1v) is 21.0. The number of rotatable bonds is 21. The molecule has 0 spiro atoms. The van der Waals surface area contributed by atoms with Crippen molar-refractivity contribution < 1.29 is 78.9 Å². The maximum absolute atomic E-state index is 11.5. The van der Waals surface area contributed by atoms with E-state index in [4.69, 9.17) is 14.2 Å². The minimum Gasteiger partial charge on any atom is -0.756 e. The summed E-state index contributed by atoms with van der Waals surface area (Å²) in [6.07, 6.45) is 1.53. The van der Waals surface area contributed by atoms with Crippen LogP contribution in [0.3, 0.4) is 0 Å². The zero-order valence-corrected chi connectivity index (χ0v) is 37.0. The molecular weight excluding hydrogens is 751 g/mol. The fourth-order valence-electron chi connectivity index (χ4n) is 3.49. The van der Waals surface area contributed by atoms with Crippen molar-refractivity contribution in [3.05, 3.63) is 0 Å². The fourth-order valence-corrected chi connectivity index (χ4v) is 4.75. The predicted molar refractivity (Wildman–Crippen MR) is 198 cm³/mol. The third-order valence-electron chi connectivity index (χ3n) is 7.02. The number of ether oxygens (including phenoxy) is 3. The molecule has 322 valence electrons. The highest BCUT2D eigenvalue weighted by atomic mass is 32.2. The van der Waals surface area contributed by atoms with Crippen LogP contribution in [0.5, 0.6) is 0 Å². The Hall–Kier alpha value is -2.18. The molecule has 1 atom stereocenters. The number of carbonyl (C=O) groups excluding carboxylic acids is 4. The second-order valence-corrected chi connectivity index (χ2v) is 20.1. The van der Waals surface area contributed by atoms with Crippen LogP contribution in [-0.2, 0) is 57.1 Å². The summed E-state index contributed by atoms with van der Waals surface area (Å²) < 4.78 is 67.9. The van der Waals surface area contributed by atoms with E-state index in [1.165, 1.54) is 0 Å². The largest absolute Gasteiger partial charge is 0.756 e. The van der Waals surface area contributed by atoms with Crippen LogP contribution in [-0.4, -0.2) is 139 Å². The summed E-state index contributed by atoms with van der Waals surface area (Å²) in [6, 6.07) is 0. The van der Waals surface area contributed by atoms with Crippen molar-refractivity contribution in [2.45, 2.75) is 94.9 Å². The van der Waals surface area contributed by atoms with E-state index >= 15 is 0 Å². The van der Waals surface area contributed by atoms with E-state index in [2.05, 4.69) is 9.05 Å². The Morgan fingerprint density at radius 1 is 0.611 bits per heavy atom. The van der Waals surface area contributed by atoms with Crippen LogP contribution in [0.2, 0.25) is 0 Å². The Labute approximate surface area is 324 Å². The van der Waals surface area contributed by atoms with Crippen molar-refractivity contribution in [3.8, 4) is 0 Å². The quantitative estimate of drug-likeness (QED) is 0.0403. The van der Waals surface area contributed by atoms with Gasteiger partial charge in [0.05, 0.1) is 80.9 Å². The van der Waals surface area contributed by atoms with Gasteiger partial charge < -0.3 is 51.6 Å². The van der Waals surface area contributed by atoms with E-state index in [1.807, 2.05) is 49.0 Å². The van der Waals surface area contributed by atoms with Gasteiger partial charge in [-0.25, -0.2) is 8.42 Å². The number of carboxylic acids is 1. The molecule has 0 N–H and O–H groups in total. The molecule has 0 aromatic carbocycles. The predicted octanol–water partition coefficient (Wildman–Crippen LogP) is 2.26. The molecule has 0 aliphatic rings. The van der Waals surface area contributed by atoms with Crippen molar-refractivity contribution in [1.29, 1.82) is 0 Å². The van der Waals surface area contributed by atoms with Crippen LogP contribution in [0.1, 0.15) is 94.9 Å². The van der Waals surface area contributed by atoms with Crippen LogP contribution in [0, 0.1) is 16.2 Å². The smallest absolute Gasteiger partial charge is 0.311 e. The summed E-state index contributed by atoms with van der Waals surface area (Å²) in [5.41, 5.74) is -1.61. The minimum absolute atomic E-state index is 0.0729. The Morgan fingerprint density at radius 3 is 1.30 bits per heavy atom. The standard InChI is InChI=1S/C13H25NO4.C12H25NO5S.C10H21O6P/c1-13(2,3)12(17)18-10-9-14(4,5)8-6-7-11(15)16;1-12(2,3)11(14)18-9-8-13(4,5)7-6-10-19(15,16)17;1-5-6-15-17(12,13)16-8-7-14-9(11)10(2,3)4/h6-10H2,1-5H3;6-10H2,1-5H3;5-8H2,1-4H3,(H,12,13)/p-1. The number of carbonyl (C=O) groups is 4. The van der Waals surface area contributed by atoms with Gasteiger partial charge in [-0.3, -0.25) is 18.9 Å². The van der Waals surface area contributed by atoms with Crippen molar-refractivity contribution >= 4 is 41.8 Å². The van der Waals surface area contributed by atoms with E-state index in [1.54, 1.807) is 48.5 Å². The Balaban J connectivity index is -0.000000724. The third kappa shape index (κ3) is 35.5. The van der Waals surface area contributed by atoms with Gasteiger partial charge >= 0.3 is 17.9 Å². The van der Waals surface area contributed by atoms with E-state index in [9.17, 15) is 46.7 Å². The maximum Gasteiger partial charge on any atom is 0.311 e. The van der Waals surface area contributed by atoms with Gasteiger partial charge in [-0.1, -0.05) is 6.92 Å². The Kier molecular flexibility index (Phi) is 26.2. The minimum atomic E-state index is -4.25. The number of aliphatic carboxylic acids is 1. The number of phosphoric ester groups is 1. The van der Waals surface area contributed by atoms with Gasteiger partial charge in [0.15, 0.2) is 0 Å². The number of nitrogens with zero attached hydrogens (tertiary/aromatic N) is 2. The van der Waals surface area contributed by atoms with E-state index in [0.29, 0.717) is 54.5 Å². The van der Waals surface area contributed by atoms with Gasteiger partial charge in [-0.15, -0.1) is 0 Å². The first-order chi connectivity index (χ1) is 24.1. The molecule has 0 heterocycles. The Bertz CT molecular complexity index is 1280. The third-order valence-corrected chi connectivity index (χ3v) is 8.80. The molecule has 0 saturated carbocycles. The molecule has 0 aliphatic heterocycles. The zero-order chi connectivity index (χ0) is 43.2. The number of hydrogen-bond donors (Lipinski definition) is 0. The Morgan fingerprint density at radius 2 is 0.963 bits per heavy atom. The van der Waals surface area contributed by atoms with Crippen LogP contribution >= 0.6 is 7.82 Å². The molecule has 0 radical (unpaired) electrons. The molecule has 19 heteroatoms. The van der Waals surface area contributed by atoms with Gasteiger partial charge in [-0.2, -0.15) is 0 Å². The first-order valence-electron chi connectivity index (χ1n) is 18.0. The lowest BCUT2D eigenvalue weighted by Gasteiger charge is -2.30. The van der Waals surface area contributed by atoms with Gasteiger partial charge in [0.25, 0.3) is 7.82 Å². The summed E-state index contributed by atoms with van der Waals surface area (Å²) in [7, 11) is -0.613. The average Bonchev–Trinajstić information content (AvgIpc) is 2.96. The highest BCUT2D eigenvalue weighted by molar-refractivity contribution is 7.85. The van der Waals surface area contributed by atoms with Gasteiger partial charge in [0, 0.05) is 24.6 Å². The molecule has 0 bridgehead atoms. The molecule has 0 fully saturated rings. The van der Waals surface area contributed by atoms with E-state index < -0.39 is 46.1 Å². The van der Waals surface area contributed by atoms with Crippen LogP contribution in [0.15, 0.2) is 0 Å². The second kappa shape index (κ2) is 25.1. The number of hydrogen-bond acceptors (Lipinski definition) is 15. The van der Waals surface area contributed by atoms with Crippen LogP contribution < -0.4 is 10.00 Å². The number of quaternary nitrogens is 2. The summed E-state index contributed by atoms with van der Waals surface area (Å²) >= 11 is 0. The number of phosphoric acid groups is 1. The van der Waals surface area contributed by atoms with Crippen molar-refractivity contribution in [1.82, 2.24) is 0 Å². The number of esters is 3. The first kappa shape index (κ1) is 56.2. The topological polar surface area (TPSA) is 235 Å².